The Morgan fingerprint density at radius 3 is 2.53 bits per heavy atom. The first kappa shape index (κ1) is 34.8. The minimum Gasteiger partial charge on any atom is -0.495 e. The zero-order valence-electron chi connectivity index (χ0n) is 27.8. The van der Waals surface area contributed by atoms with Crippen LogP contribution in [0.3, 0.4) is 0 Å². The van der Waals surface area contributed by atoms with Crippen LogP contribution in [-0.4, -0.2) is 84.4 Å². The number of allylic oxidation sites excluding steroid dienone is 1. The number of aromatic nitrogens is 1. The molecule has 1 aromatic carbocycles. The average molecular weight is 744 g/mol. The molecule has 2 aromatic rings. The fourth-order valence-corrected chi connectivity index (χ4v) is 7.93. The second kappa shape index (κ2) is 14.8. The van der Waals surface area contributed by atoms with E-state index in [0.717, 1.165) is 44.9 Å². The molecule has 5 atom stereocenters. The second-order valence-electron chi connectivity index (χ2n) is 13.3. The molecule has 0 unspecified atom stereocenters. The number of benzene rings is 1. The maximum Gasteiger partial charge on any atom is 0.408 e. The number of carbonyl (C=O) groups is 4. The van der Waals surface area contributed by atoms with E-state index in [-0.39, 0.29) is 30.7 Å². The fourth-order valence-electron chi connectivity index (χ4n) is 7.32. The number of rotatable bonds is 6. The van der Waals surface area contributed by atoms with Crippen molar-refractivity contribution in [3.63, 3.8) is 0 Å². The lowest BCUT2D eigenvalue weighted by Gasteiger charge is -2.29. The predicted molar refractivity (Wildman–Crippen MR) is 182 cm³/mol. The number of esters is 1. The monoisotopic (exact) mass is 742 g/mol. The largest absolute Gasteiger partial charge is 0.495 e. The van der Waals surface area contributed by atoms with Gasteiger partial charge < -0.3 is 39.5 Å². The molecule has 49 heavy (non-hydrogen) atoms. The Morgan fingerprint density at radius 1 is 1.00 bits per heavy atom. The van der Waals surface area contributed by atoms with E-state index in [2.05, 4.69) is 31.5 Å². The van der Waals surface area contributed by atoms with Crippen LogP contribution in [0.4, 0.5) is 4.79 Å². The lowest BCUT2D eigenvalue weighted by molar-refractivity contribution is -0.148. The van der Waals surface area contributed by atoms with Crippen LogP contribution >= 0.6 is 15.9 Å². The van der Waals surface area contributed by atoms with Crippen molar-refractivity contribution in [1.82, 2.24) is 20.5 Å². The molecule has 264 valence electrons. The normalized spacial score (nSPS) is 28.3. The number of hydrogen-bond donors (Lipinski definition) is 3. The number of ether oxygens (including phenoxy) is 4. The third-order valence-electron chi connectivity index (χ3n) is 10.1. The van der Waals surface area contributed by atoms with E-state index in [1.165, 1.54) is 25.2 Å². The highest BCUT2D eigenvalue weighted by Crippen LogP contribution is 2.46. The van der Waals surface area contributed by atoms with Crippen molar-refractivity contribution >= 4 is 50.7 Å². The molecule has 3 amide bonds. The Kier molecular flexibility index (Phi) is 10.5. The number of halogens is 1. The van der Waals surface area contributed by atoms with Crippen LogP contribution in [0.15, 0.2) is 39.6 Å². The first-order valence-corrected chi connectivity index (χ1v) is 17.8. The summed E-state index contributed by atoms with van der Waals surface area (Å²) >= 11 is 3.49. The number of amides is 3. The maximum absolute atomic E-state index is 14.4. The Morgan fingerprint density at radius 2 is 1.78 bits per heavy atom. The lowest BCUT2D eigenvalue weighted by atomic mass is 10.0. The summed E-state index contributed by atoms with van der Waals surface area (Å²) < 4.78 is 23.1. The van der Waals surface area contributed by atoms with Crippen molar-refractivity contribution in [2.75, 3.05) is 20.8 Å². The number of fused-ring (bicyclic) bond motifs is 3. The summed E-state index contributed by atoms with van der Waals surface area (Å²) in [4.78, 5) is 71.4. The van der Waals surface area contributed by atoms with Gasteiger partial charge in [0.15, 0.2) is 0 Å². The minimum atomic E-state index is -1.23. The number of aromatic amines is 1. The molecule has 1 aromatic heterocycles. The van der Waals surface area contributed by atoms with E-state index < -0.39 is 53.2 Å². The highest BCUT2D eigenvalue weighted by atomic mass is 79.9. The molecule has 0 radical (unpaired) electrons. The van der Waals surface area contributed by atoms with Crippen molar-refractivity contribution in [2.45, 2.75) is 100 Å². The quantitative estimate of drug-likeness (QED) is 0.290. The van der Waals surface area contributed by atoms with E-state index in [9.17, 15) is 24.0 Å². The Labute approximate surface area is 292 Å². The van der Waals surface area contributed by atoms with Crippen LogP contribution in [0.2, 0.25) is 0 Å². The van der Waals surface area contributed by atoms with Crippen LogP contribution in [0.5, 0.6) is 11.5 Å². The summed E-state index contributed by atoms with van der Waals surface area (Å²) in [5.74, 6) is -0.947. The van der Waals surface area contributed by atoms with Gasteiger partial charge >= 0.3 is 12.1 Å². The second-order valence-corrected chi connectivity index (χ2v) is 14.1. The van der Waals surface area contributed by atoms with Gasteiger partial charge in [0.1, 0.15) is 41.3 Å². The van der Waals surface area contributed by atoms with Gasteiger partial charge in [-0.3, -0.25) is 14.4 Å². The van der Waals surface area contributed by atoms with E-state index in [1.54, 1.807) is 12.1 Å². The van der Waals surface area contributed by atoms with E-state index in [1.807, 2.05) is 12.2 Å². The molecule has 0 spiro atoms. The molecular formula is C35H43BrN4O9. The molecular weight excluding hydrogens is 700 g/mol. The molecule has 6 rings (SSSR count). The molecule has 1 saturated heterocycles. The molecule has 13 nitrogen and oxygen atoms in total. The van der Waals surface area contributed by atoms with E-state index in [4.69, 9.17) is 18.9 Å². The summed E-state index contributed by atoms with van der Waals surface area (Å²) in [5.41, 5.74) is -1.16. The number of pyridine rings is 1. The van der Waals surface area contributed by atoms with Gasteiger partial charge in [-0.15, -0.1) is 0 Å². The molecule has 3 N–H and O–H groups in total. The predicted octanol–water partition coefficient (Wildman–Crippen LogP) is 4.25. The van der Waals surface area contributed by atoms with Crippen molar-refractivity contribution in [3.05, 3.63) is 45.2 Å². The summed E-state index contributed by atoms with van der Waals surface area (Å²) in [6, 6.07) is 2.87. The Hall–Kier alpha value is -4.07. The van der Waals surface area contributed by atoms with Gasteiger partial charge in [0.05, 0.1) is 30.8 Å². The Balaban J connectivity index is 1.30. The smallest absolute Gasteiger partial charge is 0.408 e. The minimum absolute atomic E-state index is 0.00689. The number of carbonyl (C=O) groups excluding carboxylic acids is 4. The van der Waals surface area contributed by atoms with Gasteiger partial charge in [0.2, 0.25) is 11.8 Å². The molecule has 4 aliphatic rings. The number of hydrogen-bond acceptors (Lipinski definition) is 9. The number of alkyl carbamates (subject to hydrolysis) is 1. The number of methoxy groups -OCH3 is 2. The third kappa shape index (κ3) is 7.43. The maximum atomic E-state index is 14.4. The number of nitrogens with one attached hydrogen (secondary N) is 3. The highest BCUT2D eigenvalue weighted by Gasteiger charge is 2.62. The lowest BCUT2D eigenvalue weighted by Crippen LogP contribution is -2.56. The van der Waals surface area contributed by atoms with Crippen molar-refractivity contribution in [1.29, 1.82) is 0 Å². The Bertz CT molecular complexity index is 1690. The molecule has 0 bridgehead atoms. The SMILES string of the molecule is COC(=O)[C@@]12C[C@H]1/C=C\CCCCC[C@H](NC(=O)OC1CCCC1)C(=O)N1C[C@H](Oc3cc(=O)[nH]c4c(Br)c(OC)ccc34)C[C@H]1C(=O)N2. The summed E-state index contributed by atoms with van der Waals surface area (Å²) in [6.07, 6.45) is 9.97. The van der Waals surface area contributed by atoms with E-state index >= 15 is 0 Å². The first-order chi connectivity index (χ1) is 23.6. The third-order valence-corrected chi connectivity index (χ3v) is 10.8. The first-order valence-electron chi connectivity index (χ1n) is 17.0. The molecule has 2 aliphatic heterocycles. The van der Waals surface area contributed by atoms with Crippen LogP contribution in [0, 0.1) is 5.92 Å². The van der Waals surface area contributed by atoms with Crippen molar-refractivity contribution < 1.29 is 38.1 Å². The summed E-state index contributed by atoms with van der Waals surface area (Å²) in [7, 11) is 2.81. The number of H-pyrrole nitrogens is 1. The van der Waals surface area contributed by atoms with Gasteiger partial charge in [-0.1, -0.05) is 25.0 Å². The summed E-state index contributed by atoms with van der Waals surface area (Å²) in [6.45, 7) is 0.00689. The van der Waals surface area contributed by atoms with Gasteiger partial charge in [0, 0.05) is 23.8 Å². The van der Waals surface area contributed by atoms with Gasteiger partial charge in [-0.05, 0) is 79.4 Å². The van der Waals surface area contributed by atoms with Crippen LogP contribution in [0.1, 0.15) is 70.6 Å². The standard InChI is InChI=1S/C35H43BrN4O9/c1-46-26-15-14-23-27(17-28(41)38-30(23)29(26)36)48-22-16-25-31(42)39-35(33(44)47-2)18-20(35)10-6-4-3-5-7-13-24(32(43)40(25)19-22)37-34(45)49-21-11-8-9-12-21/h6,10,14-15,17,20-22,24-25H,3-5,7-9,11-13,16,18-19H2,1-2H3,(H,37,45)(H,38,41)(H,39,42)/b10-6-/t20-,22-,24+,25+,35-/m1/s1. The van der Waals surface area contributed by atoms with Crippen LogP contribution in [-0.2, 0) is 23.9 Å². The van der Waals surface area contributed by atoms with Crippen LogP contribution in [0.25, 0.3) is 10.9 Å². The molecule has 2 saturated carbocycles. The molecule has 2 aliphatic carbocycles. The van der Waals surface area contributed by atoms with Crippen molar-refractivity contribution in [3.8, 4) is 11.5 Å². The van der Waals surface area contributed by atoms with Crippen molar-refractivity contribution in [2.24, 2.45) is 5.92 Å². The highest BCUT2D eigenvalue weighted by molar-refractivity contribution is 9.10. The summed E-state index contributed by atoms with van der Waals surface area (Å²) in [5, 5.41) is 6.33. The topological polar surface area (TPSA) is 165 Å². The van der Waals surface area contributed by atoms with Gasteiger partial charge in [0.25, 0.3) is 5.56 Å². The molecule has 3 heterocycles. The van der Waals surface area contributed by atoms with Gasteiger partial charge in [-0.25, -0.2) is 9.59 Å². The fraction of sp³-hybridized carbons (Fsp3) is 0.571. The number of nitrogens with zero attached hydrogens (tertiary/aromatic N) is 1. The zero-order valence-corrected chi connectivity index (χ0v) is 29.3. The van der Waals surface area contributed by atoms with Gasteiger partial charge in [-0.2, -0.15) is 0 Å². The zero-order chi connectivity index (χ0) is 34.7. The average Bonchev–Trinajstić information content (AvgIpc) is 3.37. The van der Waals surface area contributed by atoms with E-state index in [0.29, 0.717) is 40.4 Å². The van der Waals surface area contributed by atoms with Crippen LogP contribution < -0.4 is 25.7 Å². The molecule has 3 fully saturated rings. The molecule has 14 heteroatoms.